The molecule has 0 unspecified atom stereocenters. The number of carbonyl (C=O) groups excluding carboxylic acids is 1. The maximum atomic E-state index is 13.2. The van der Waals surface area contributed by atoms with E-state index in [0.717, 1.165) is 6.07 Å². The molecular formula is C10H13FN2O2. The van der Waals surface area contributed by atoms with Crippen LogP contribution in [0, 0.1) is 5.82 Å². The van der Waals surface area contributed by atoms with Gasteiger partial charge >= 0.3 is 0 Å². The highest BCUT2D eigenvalue weighted by Crippen LogP contribution is 2.11. The molecule has 0 bridgehead atoms. The van der Waals surface area contributed by atoms with Gasteiger partial charge < -0.3 is 16.2 Å². The van der Waals surface area contributed by atoms with Gasteiger partial charge in [-0.3, -0.25) is 4.79 Å². The number of benzene rings is 1. The van der Waals surface area contributed by atoms with E-state index in [2.05, 4.69) is 5.32 Å². The van der Waals surface area contributed by atoms with Gasteiger partial charge in [0, 0.05) is 11.7 Å². The number of aliphatic hydroxyl groups is 1. The molecule has 1 atom stereocenters. The molecule has 15 heavy (non-hydrogen) atoms. The molecule has 0 fully saturated rings. The van der Waals surface area contributed by atoms with Gasteiger partial charge in [0.15, 0.2) is 0 Å². The highest BCUT2D eigenvalue weighted by atomic mass is 19.1. The van der Waals surface area contributed by atoms with Crippen LogP contribution in [0.2, 0.25) is 0 Å². The van der Waals surface area contributed by atoms with Crippen molar-refractivity contribution in [2.24, 2.45) is 0 Å². The van der Waals surface area contributed by atoms with Crippen LogP contribution < -0.4 is 11.1 Å². The predicted octanol–water partition coefficient (Wildman–Crippen LogP) is 0.519. The van der Waals surface area contributed by atoms with Crippen LogP contribution in [0.3, 0.4) is 0 Å². The number of nitrogens with two attached hydrogens (primary N) is 1. The summed E-state index contributed by atoms with van der Waals surface area (Å²) in [6.07, 6.45) is 0. The third-order valence-corrected chi connectivity index (χ3v) is 1.89. The molecule has 0 heterocycles. The van der Waals surface area contributed by atoms with Gasteiger partial charge in [0.1, 0.15) is 5.82 Å². The Kier molecular flexibility index (Phi) is 3.62. The molecule has 0 aromatic heterocycles. The Bertz CT molecular complexity index is 368. The number of hydrogen-bond acceptors (Lipinski definition) is 3. The Hall–Kier alpha value is -1.62. The second kappa shape index (κ2) is 4.75. The van der Waals surface area contributed by atoms with Crippen molar-refractivity contribution in [1.29, 1.82) is 0 Å². The van der Waals surface area contributed by atoms with E-state index in [1.807, 2.05) is 0 Å². The Labute approximate surface area is 86.9 Å². The fourth-order valence-electron chi connectivity index (χ4n) is 1.06. The van der Waals surface area contributed by atoms with Crippen LogP contribution >= 0.6 is 0 Å². The summed E-state index contributed by atoms with van der Waals surface area (Å²) in [5.41, 5.74) is 5.63. The lowest BCUT2D eigenvalue weighted by molar-refractivity contribution is 0.0918. The van der Waals surface area contributed by atoms with Gasteiger partial charge in [0.2, 0.25) is 0 Å². The molecule has 82 valence electrons. The number of carbonyl (C=O) groups is 1. The molecule has 1 amide bonds. The lowest BCUT2D eigenvalue weighted by atomic mass is 10.1. The van der Waals surface area contributed by atoms with Crippen LogP contribution in [-0.4, -0.2) is 23.7 Å². The summed E-state index contributed by atoms with van der Waals surface area (Å²) in [7, 11) is 0. The van der Waals surface area contributed by atoms with E-state index in [-0.39, 0.29) is 12.2 Å². The van der Waals surface area contributed by atoms with Gasteiger partial charge in [0.25, 0.3) is 5.91 Å². The van der Waals surface area contributed by atoms with Gasteiger partial charge in [-0.1, -0.05) is 0 Å². The maximum absolute atomic E-state index is 13.2. The number of nitrogens with one attached hydrogen (secondary N) is 1. The van der Waals surface area contributed by atoms with Gasteiger partial charge in [-0.15, -0.1) is 0 Å². The van der Waals surface area contributed by atoms with Crippen LogP contribution in [0.4, 0.5) is 10.1 Å². The molecule has 1 rings (SSSR count). The minimum absolute atomic E-state index is 0.115. The summed E-state index contributed by atoms with van der Waals surface area (Å²) >= 11 is 0. The van der Waals surface area contributed by atoms with E-state index >= 15 is 0 Å². The van der Waals surface area contributed by atoms with E-state index in [1.165, 1.54) is 12.1 Å². The van der Waals surface area contributed by atoms with E-state index < -0.39 is 17.8 Å². The van der Waals surface area contributed by atoms with E-state index in [9.17, 15) is 9.18 Å². The highest BCUT2D eigenvalue weighted by molar-refractivity contribution is 5.95. The number of halogens is 1. The fraction of sp³-hybridized carbons (Fsp3) is 0.300. The lowest BCUT2D eigenvalue weighted by Crippen LogP contribution is -2.35. The summed E-state index contributed by atoms with van der Waals surface area (Å²) in [4.78, 5) is 11.5. The first kappa shape index (κ1) is 11.5. The summed E-state index contributed by atoms with van der Waals surface area (Å²) in [5, 5.41) is 11.2. The first-order valence-corrected chi connectivity index (χ1v) is 4.51. The number of aliphatic hydroxyl groups excluding tert-OH is 1. The van der Waals surface area contributed by atoms with Crippen molar-refractivity contribution in [2.75, 3.05) is 12.3 Å². The Morgan fingerprint density at radius 1 is 1.67 bits per heavy atom. The normalized spacial score (nSPS) is 12.2. The SMILES string of the molecule is C[C@@H](CO)NC(=O)c1cc(N)ccc1F. The van der Waals surface area contributed by atoms with E-state index in [1.54, 1.807) is 6.92 Å². The molecule has 1 aromatic rings. The minimum Gasteiger partial charge on any atom is -0.399 e. The van der Waals surface area contributed by atoms with Crippen molar-refractivity contribution < 1.29 is 14.3 Å². The van der Waals surface area contributed by atoms with Crippen molar-refractivity contribution >= 4 is 11.6 Å². The van der Waals surface area contributed by atoms with Crippen molar-refractivity contribution in [3.63, 3.8) is 0 Å². The number of amides is 1. The first-order chi connectivity index (χ1) is 7.04. The molecule has 1 aromatic carbocycles. The van der Waals surface area contributed by atoms with Gasteiger partial charge in [-0.05, 0) is 25.1 Å². The van der Waals surface area contributed by atoms with Gasteiger partial charge in [-0.25, -0.2) is 4.39 Å². The molecule has 0 spiro atoms. The van der Waals surface area contributed by atoms with E-state index in [4.69, 9.17) is 10.8 Å². The first-order valence-electron chi connectivity index (χ1n) is 4.51. The van der Waals surface area contributed by atoms with Crippen molar-refractivity contribution in [1.82, 2.24) is 5.32 Å². The maximum Gasteiger partial charge on any atom is 0.254 e. The Morgan fingerprint density at radius 2 is 2.33 bits per heavy atom. The second-order valence-corrected chi connectivity index (χ2v) is 3.30. The standard InChI is InChI=1S/C10H13FN2O2/c1-6(5-14)13-10(15)8-4-7(12)2-3-9(8)11/h2-4,6,14H,5,12H2,1H3,(H,13,15)/t6-/m0/s1. The lowest BCUT2D eigenvalue weighted by Gasteiger charge is -2.11. The molecule has 0 saturated carbocycles. The summed E-state index contributed by atoms with van der Waals surface area (Å²) in [6, 6.07) is 3.35. The van der Waals surface area contributed by atoms with Crippen molar-refractivity contribution in [3.8, 4) is 0 Å². The predicted molar refractivity (Wildman–Crippen MR) is 54.8 cm³/mol. The topological polar surface area (TPSA) is 75.3 Å². The molecule has 0 radical (unpaired) electrons. The van der Waals surface area contributed by atoms with Crippen molar-refractivity contribution in [3.05, 3.63) is 29.6 Å². The van der Waals surface area contributed by atoms with Crippen LogP contribution in [-0.2, 0) is 0 Å². The molecule has 0 aliphatic heterocycles. The van der Waals surface area contributed by atoms with Crippen LogP contribution in [0.1, 0.15) is 17.3 Å². The molecule has 4 N–H and O–H groups in total. The Morgan fingerprint density at radius 3 is 2.93 bits per heavy atom. The molecular weight excluding hydrogens is 199 g/mol. The average Bonchev–Trinajstić information content (AvgIpc) is 2.21. The van der Waals surface area contributed by atoms with Crippen LogP contribution in [0.25, 0.3) is 0 Å². The summed E-state index contributed by atoms with van der Waals surface area (Å²) in [5.74, 6) is -1.21. The number of nitrogen functional groups attached to an aromatic ring is 1. The fourth-order valence-corrected chi connectivity index (χ4v) is 1.06. The largest absolute Gasteiger partial charge is 0.399 e. The zero-order chi connectivity index (χ0) is 11.4. The van der Waals surface area contributed by atoms with Crippen molar-refractivity contribution in [2.45, 2.75) is 13.0 Å². The number of anilines is 1. The van der Waals surface area contributed by atoms with E-state index in [0.29, 0.717) is 5.69 Å². The minimum atomic E-state index is -0.633. The third-order valence-electron chi connectivity index (χ3n) is 1.89. The zero-order valence-corrected chi connectivity index (χ0v) is 8.33. The molecule has 0 saturated heterocycles. The average molecular weight is 212 g/mol. The number of hydrogen-bond donors (Lipinski definition) is 3. The quantitative estimate of drug-likeness (QED) is 0.639. The number of rotatable bonds is 3. The molecule has 0 aliphatic rings. The molecule has 5 heteroatoms. The van der Waals surface area contributed by atoms with Crippen LogP contribution in [0.5, 0.6) is 0 Å². The molecule has 4 nitrogen and oxygen atoms in total. The zero-order valence-electron chi connectivity index (χ0n) is 8.33. The highest BCUT2D eigenvalue weighted by Gasteiger charge is 2.13. The second-order valence-electron chi connectivity index (χ2n) is 3.30. The third kappa shape index (κ3) is 2.92. The monoisotopic (exact) mass is 212 g/mol. The Balaban J connectivity index is 2.86. The smallest absolute Gasteiger partial charge is 0.254 e. The summed E-state index contributed by atoms with van der Waals surface area (Å²) < 4.78 is 13.2. The van der Waals surface area contributed by atoms with Gasteiger partial charge in [0.05, 0.1) is 12.2 Å². The van der Waals surface area contributed by atoms with Gasteiger partial charge in [-0.2, -0.15) is 0 Å². The molecule has 0 aliphatic carbocycles. The van der Waals surface area contributed by atoms with Crippen LogP contribution in [0.15, 0.2) is 18.2 Å². The summed E-state index contributed by atoms with van der Waals surface area (Å²) in [6.45, 7) is 1.41.